The van der Waals surface area contributed by atoms with Gasteiger partial charge in [0.05, 0.1) is 6.04 Å². The predicted molar refractivity (Wildman–Crippen MR) is 53.9 cm³/mol. The van der Waals surface area contributed by atoms with Crippen molar-refractivity contribution in [2.45, 2.75) is 19.4 Å². The molecule has 0 saturated heterocycles. The molecule has 0 aliphatic heterocycles. The van der Waals surface area contributed by atoms with E-state index in [-0.39, 0.29) is 6.04 Å². The lowest BCUT2D eigenvalue weighted by atomic mass is 10.1. The Morgan fingerprint density at radius 3 is 3.00 bits per heavy atom. The highest BCUT2D eigenvalue weighted by Crippen LogP contribution is 2.25. The summed E-state index contributed by atoms with van der Waals surface area (Å²) in [5.41, 5.74) is 4.08. The fourth-order valence-corrected chi connectivity index (χ4v) is 2.16. The molecule has 1 rings (SSSR count). The molecular weight excluding hydrogens is 168 g/mol. The van der Waals surface area contributed by atoms with Gasteiger partial charge in [-0.05, 0) is 30.4 Å². The monoisotopic (exact) mass is 182 g/mol. The van der Waals surface area contributed by atoms with Crippen LogP contribution in [0.3, 0.4) is 0 Å². The first-order valence-corrected chi connectivity index (χ1v) is 4.78. The average Bonchev–Trinajstić information content (AvgIpc) is 2.47. The summed E-state index contributed by atoms with van der Waals surface area (Å²) in [5, 5.41) is 2.08. The quantitative estimate of drug-likeness (QED) is 0.425. The first-order chi connectivity index (χ1) is 5.79. The maximum Gasteiger partial charge on any atom is 0.0590 e. The summed E-state index contributed by atoms with van der Waals surface area (Å²) in [7, 11) is 0. The third-order valence-corrected chi connectivity index (χ3v) is 2.95. The summed E-state index contributed by atoms with van der Waals surface area (Å²) >= 11 is 1.73. The van der Waals surface area contributed by atoms with Crippen molar-refractivity contribution in [1.29, 1.82) is 0 Å². The van der Waals surface area contributed by atoms with Crippen LogP contribution in [0.2, 0.25) is 0 Å². The van der Waals surface area contributed by atoms with Gasteiger partial charge in [-0.3, -0.25) is 11.3 Å². The van der Waals surface area contributed by atoms with Crippen molar-refractivity contribution in [2.24, 2.45) is 5.84 Å². The number of nitrogens with one attached hydrogen (secondary N) is 1. The summed E-state index contributed by atoms with van der Waals surface area (Å²) in [6, 6.07) is 2.33. The van der Waals surface area contributed by atoms with Crippen molar-refractivity contribution >= 4 is 11.3 Å². The fraction of sp³-hybridized carbons (Fsp3) is 0.333. The lowest BCUT2D eigenvalue weighted by molar-refractivity contribution is 0.568. The van der Waals surface area contributed by atoms with Gasteiger partial charge in [0.25, 0.3) is 0 Å². The number of thiophene rings is 1. The van der Waals surface area contributed by atoms with Gasteiger partial charge in [0, 0.05) is 4.88 Å². The molecule has 0 aliphatic rings. The largest absolute Gasteiger partial charge is 0.271 e. The van der Waals surface area contributed by atoms with Crippen molar-refractivity contribution in [3.05, 3.63) is 34.5 Å². The molecule has 1 aromatic heterocycles. The number of hydrazine groups is 1. The second kappa shape index (κ2) is 4.40. The molecule has 0 bridgehead atoms. The highest BCUT2D eigenvalue weighted by atomic mass is 32.1. The topological polar surface area (TPSA) is 38.0 Å². The van der Waals surface area contributed by atoms with Gasteiger partial charge >= 0.3 is 0 Å². The normalized spacial score (nSPS) is 12.8. The van der Waals surface area contributed by atoms with E-state index in [1.165, 1.54) is 10.4 Å². The molecule has 66 valence electrons. The molecule has 0 aromatic carbocycles. The molecular formula is C9H14N2S. The predicted octanol–water partition coefficient (Wildman–Crippen LogP) is 2.14. The molecule has 3 N–H and O–H groups in total. The molecule has 1 aromatic rings. The molecule has 1 unspecified atom stereocenters. The smallest absolute Gasteiger partial charge is 0.0590 e. The number of hydrogen-bond acceptors (Lipinski definition) is 3. The van der Waals surface area contributed by atoms with Crippen LogP contribution in [0.5, 0.6) is 0 Å². The first kappa shape index (κ1) is 9.45. The van der Waals surface area contributed by atoms with Crippen LogP contribution in [0.15, 0.2) is 24.1 Å². The van der Waals surface area contributed by atoms with E-state index in [4.69, 9.17) is 5.84 Å². The number of hydrogen-bond donors (Lipinski definition) is 2. The van der Waals surface area contributed by atoms with E-state index in [2.05, 4.69) is 30.4 Å². The van der Waals surface area contributed by atoms with E-state index in [1.54, 1.807) is 11.3 Å². The van der Waals surface area contributed by atoms with E-state index in [0.29, 0.717) is 0 Å². The van der Waals surface area contributed by atoms with Crippen LogP contribution in [-0.2, 0) is 0 Å². The SMILES string of the molecule is C=CCC(NN)c1sccc1C. The molecule has 3 heteroatoms. The molecule has 1 heterocycles. The molecule has 0 fully saturated rings. The van der Waals surface area contributed by atoms with Crippen molar-refractivity contribution in [1.82, 2.24) is 5.43 Å². The lowest BCUT2D eigenvalue weighted by Crippen LogP contribution is -2.27. The van der Waals surface area contributed by atoms with Crippen molar-refractivity contribution in [3.8, 4) is 0 Å². The van der Waals surface area contributed by atoms with Crippen molar-refractivity contribution in [3.63, 3.8) is 0 Å². The second-order valence-electron chi connectivity index (χ2n) is 2.71. The Balaban J connectivity index is 2.78. The van der Waals surface area contributed by atoms with E-state index < -0.39 is 0 Å². The van der Waals surface area contributed by atoms with Crippen molar-refractivity contribution in [2.75, 3.05) is 0 Å². The Bertz CT molecular complexity index is 255. The zero-order chi connectivity index (χ0) is 8.97. The molecule has 0 aliphatic carbocycles. The van der Waals surface area contributed by atoms with Crippen molar-refractivity contribution < 1.29 is 0 Å². The highest BCUT2D eigenvalue weighted by molar-refractivity contribution is 7.10. The molecule has 0 saturated carbocycles. The number of rotatable bonds is 4. The van der Waals surface area contributed by atoms with Crippen LogP contribution in [-0.4, -0.2) is 0 Å². The average molecular weight is 182 g/mol. The fourth-order valence-electron chi connectivity index (χ4n) is 1.16. The van der Waals surface area contributed by atoms with Gasteiger partial charge in [0.1, 0.15) is 0 Å². The van der Waals surface area contributed by atoms with Crippen LogP contribution in [0.4, 0.5) is 0 Å². The van der Waals surface area contributed by atoms with E-state index in [0.717, 1.165) is 6.42 Å². The highest BCUT2D eigenvalue weighted by Gasteiger charge is 2.10. The zero-order valence-corrected chi connectivity index (χ0v) is 8.03. The van der Waals surface area contributed by atoms with E-state index in [1.807, 2.05) is 6.08 Å². The van der Waals surface area contributed by atoms with Gasteiger partial charge in [-0.25, -0.2) is 0 Å². The number of nitrogens with two attached hydrogens (primary N) is 1. The Kier molecular flexibility index (Phi) is 3.47. The van der Waals surface area contributed by atoms with Crippen LogP contribution in [0.25, 0.3) is 0 Å². The Morgan fingerprint density at radius 2 is 2.58 bits per heavy atom. The Morgan fingerprint density at radius 1 is 1.83 bits per heavy atom. The van der Waals surface area contributed by atoms with E-state index in [9.17, 15) is 0 Å². The number of aryl methyl sites for hydroxylation is 1. The minimum Gasteiger partial charge on any atom is -0.271 e. The molecule has 12 heavy (non-hydrogen) atoms. The van der Waals surface area contributed by atoms with Crippen LogP contribution < -0.4 is 11.3 Å². The molecule has 0 radical (unpaired) electrons. The lowest BCUT2D eigenvalue weighted by Gasteiger charge is -2.12. The maximum absolute atomic E-state index is 5.43. The minimum atomic E-state index is 0.225. The van der Waals surface area contributed by atoms with Gasteiger partial charge in [-0.1, -0.05) is 6.08 Å². The van der Waals surface area contributed by atoms with Gasteiger partial charge in [0.2, 0.25) is 0 Å². The molecule has 0 spiro atoms. The Hall–Kier alpha value is -0.640. The summed E-state index contributed by atoms with van der Waals surface area (Å²) in [6.07, 6.45) is 2.75. The van der Waals surface area contributed by atoms with Crippen LogP contribution >= 0.6 is 11.3 Å². The molecule has 0 amide bonds. The standard InChI is InChI=1S/C9H14N2S/c1-3-4-8(11-10)9-7(2)5-6-12-9/h3,5-6,8,11H,1,4,10H2,2H3. The van der Waals surface area contributed by atoms with Crippen LogP contribution in [0, 0.1) is 6.92 Å². The second-order valence-corrected chi connectivity index (χ2v) is 3.66. The molecule has 2 nitrogen and oxygen atoms in total. The Labute approximate surface area is 77.1 Å². The summed E-state index contributed by atoms with van der Waals surface area (Å²) in [6.45, 7) is 5.79. The third kappa shape index (κ3) is 1.94. The van der Waals surface area contributed by atoms with Gasteiger partial charge < -0.3 is 0 Å². The summed E-state index contributed by atoms with van der Waals surface area (Å²) in [4.78, 5) is 1.30. The first-order valence-electron chi connectivity index (χ1n) is 3.90. The third-order valence-electron chi connectivity index (χ3n) is 1.82. The molecule has 1 atom stereocenters. The maximum atomic E-state index is 5.43. The summed E-state index contributed by atoms with van der Waals surface area (Å²) in [5.74, 6) is 5.43. The van der Waals surface area contributed by atoms with Gasteiger partial charge in [0.15, 0.2) is 0 Å². The van der Waals surface area contributed by atoms with Crippen LogP contribution in [0.1, 0.15) is 22.9 Å². The zero-order valence-electron chi connectivity index (χ0n) is 7.21. The van der Waals surface area contributed by atoms with E-state index >= 15 is 0 Å². The van der Waals surface area contributed by atoms with Gasteiger partial charge in [-0.15, -0.1) is 17.9 Å². The minimum absolute atomic E-state index is 0.225. The summed E-state index contributed by atoms with van der Waals surface area (Å²) < 4.78 is 0. The van der Waals surface area contributed by atoms with Gasteiger partial charge in [-0.2, -0.15) is 0 Å².